The highest BCUT2D eigenvalue weighted by atomic mass is 32.1. The fourth-order valence-corrected chi connectivity index (χ4v) is 2.37. The van der Waals surface area contributed by atoms with Crippen molar-refractivity contribution in [1.82, 2.24) is 0 Å². The molecule has 14 heavy (non-hydrogen) atoms. The summed E-state index contributed by atoms with van der Waals surface area (Å²) in [4.78, 5) is 10.5. The maximum absolute atomic E-state index is 13.3. The molecule has 2 rings (SSSR count). The van der Waals surface area contributed by atoms with Crippen LogP contribution >= 0.6 is 11.3 Å². The summed E-state index contributed by atoms with van der Waals surface area (Å²) in [6, 6.07) is 4.76. The number of carboxylic acids is 1. The first kappa shape index (κ1) is 9.15. The van der Waals surface area contributed by atoms with E-state index in [4.69, 9.17) is 5.11 Å². The highest BCUT2D eigenvalue weighted by Gasteiger charge is 2.10. The van der Waals surface area contributed by atoms with Crippen molar-refractivity contribution in [1.29, 1.82) is 0 Å². The topological polar surface area (TPSA) is 37.3 Å². The van der Waals surface area contributed by atoms with Gasteiger partial charge in [-0.25, -0.2) is 4.39 Å². The van der Waals surface area contributed by atoms with Crippen molar-refractivity contribution in [2.75, 3.05) is 0 Å². The second-order valence-corrected chi connectivity index (χ2v) is 3.86. The Morgan fingerprint density at radius 3 is 3.00 bits per heavy atom. The number of thiophene rings is 1. The molecular formula is C10H7FO2S. The molecule has 0 aliphatic carbocycles. The molecule has 2 aromatic rings. The molecule has 72 valence electrons. The van der Waals surface area contributed by atoms with Gasteiger partial charge in [-0.05, 0) is 23.1 Å². The summed E-state index contributed by atoms with van der Waals surface area (Å²) in [6.45, 7) is 0. The van der Waals surface area contributed by atoms with Crippen LogP contribution in [-0.4, -0.2) is 11.1 Å². The molecule has 0 unspecified atom stereocenters. The van der Waals surface area contributed by atoms with Crippen LogP contribution in [0.15, 0.2) is 23.6 Å². The lowest BCUT2D eigenvalue weighted by atomic mass is 10.1. The monoisotopic (exact) mass is 210 g/mol. The largest absolute Gasteiger partial charge is 0.481 e. The number of aliphatic carboxylic acids is 1. The van der Waals surface area contributed by atoms with Crippen LogP contribution in [0.5, 0.6) is 0 Å². The Bertz CT molecular complexity index is 490. The molecule has 0 fully saturated rings. The van der Waals surface area contributed by atoms with Crippen LogP contribution in [0.4, 0.5) is 4.39 Å². The smallest absolute Gasteiger partial charge is 0.307 e. The van der Waals surface area contributed by atoms with Crippen LogP contribution in [0.2, 0.25) is 0 Å². The molecule has 1 aromatic heterocycles. The fraction of sp³-hybridized carbons (Fsp3) is 0.100. The molecule has 4 heteroatoms. The Morgan fingerprint density at radius 2 is 2.29 bits per heavy atom. The number of carbonyl (C=O) groups is 1. The lowest BCUT2D eigenvalue weighted by Gasteiger charge is -1.96. The van der Waals surface area contributed by atoms with E-state index in [9.17, 15) is 9.18 Å². The molecule has 0 aliphatic rings. The normalized spacial score (nSPS) is 10.6. The van der Waals surface area contributed by atoms with Gasteiger partial charge in [-0.2, -0.15) is 0 Å². The molecule has 0 atom stereocenters. The maximum Gasteiger partial charge on any atom is 0.307 e. The summed E-state index contributed by atoms with van der Waals surface area (Å²) in [5, 5.41) is 10.8. The summed E-state index contributed by atoms with van der Waals surface area (Å²) in [6.07, 6.45) is -0.124. The van der Waals surface area contributed by atoms with Gasteiger partial charge >= 0.3 is 5.97 Å². The average Bonchev–Trinajstić information content (AvgIpc) is 2.49. The molecule has 0 saturated carbocycles. The van der Waals surface area contributed by atoms with Crippen LogP contribution in [-0.2, 0) is 11.2 Å². The van der Waals surface area contributed by atoms with Gasteiger partial charge in [0.15, 0.2) is 0 Å². The van der Waals surface area contributed by atoms with Crippen molar-refractivity contribution in [3.63, 3.8) is 0 Å². The number of carboxylic acid groups (broad SMARTS) is 1. The molecule has 0 aliphatic heterocycles. The first-order valence-corrected chi connectivity index (χ1v) is 4.93. The number of fused-ring (bicyclic) bond motifs is 1. The third-order valence-electron chi connectivity index (χ3n) is 1.97. The van der Waals surface area contributed by atoms with E-state index >= 15 is 0 Å². The van der Waals surface area contributed by atoms with E-state index in [1.807, 2.05) is 0 Å². The standard InChI is InChI=1S/C10H7FO2S/c11-7-2-1-3-8-10(7)6(5-14-8)4-9(12)13/h1-3,5H,4H2,(H,12,13). The molecule has 1 aromatic carbocycles. The maximum atomic E-state index is 13.3. The molecule has 2 nitrogen and oxygen atoms in total. The lowest BCUT2D eigenvalue weighted by Crippen LogP contribution is -1.99. The van der Waals surface area contributed by atoms with Gasteiger partial charge in [0, 0.05) is 10.1 Å². The minimum atomic E-state index is -0.937. The third kappa shape index (κ3) is 1.48. The first-order chi connectivity index (χ1) is 6.68. The molecular weight excluding hydrogens is 203 g/mol. The van der Waals surface area contributed by atoms with Crippen molar-refractivity contribution in [3.05, 3.63) is 35.0 Å². The molecule has 0 bridgehead atoms. The molecule has 0 amide bonds. The Kier molecular flexibility index (Phi) is 2.21. The van der Waals surface area contributed by atoms with Crippen LogP contribution < -0.4 is 0 Å². The van der Waals surface area contributed by atoms with Crippen molar-refractivity contribution in [3.8, 4) is 0 Å². The fourth-order valence-electron chi connectivity index (χ4n) is 1.40. The molecule has 0 saturated heterocycles. The SMILES string of the molecule is O=C(O)Cc1csc2cccc(F)c12. The van der Waals surface area contributed by atoms with E-state index in [1.54, 1.807) is 17.5 Å². The highest BCUT2D eigenvalue weighted by Crippen LogP contribution is 2.28. The summed E-state index contributed by atoms with van der Waals surface area (Å²) in [7, 11) is 0. The van der Waals surface area contributed by atoms with Crippen molar-refractivity contribution in [2.45, 2.75) is 6.42 Å². The summed E-state index contributed by atoms with van der Waals surface area (Å²) in [5.74, 6) is -1.28. The van der Waals surface area contributed by atoms with Crippen LogP contribution in [0.25, 0.3) is 10.1 Å². The van der Waals surface area contributed by atoms with E-state index < -0.39 is 5.97 Å². The lowest BCUT2D eigenvalue weighted by molar-refractivity contribution is -0.136. The molecule has 0 radical (unpaired) electrons. The van der Waals surface area contributed by atoms with E-state index in [-0.39, 0.29) is 12.2 Å². The van der Waals surface area contributed by atoms with Gasteiger partial charge in [0.2, 0.25) is 0 Å². The van der Waals surface area contributed by atoms with Crippen LogP contribution in [0.1, 0.15) is 5.56 Å². The summed E-state index contributed by atoms with van der Waals surface area (Å²) in [5.41, 5.74) is 0.551. The van der Waals surface area contributed by atoms with Crippen molar-refractivity contribution >= 4 is 27.4 Å². The zero-order valence-electron chi connectivity index (χ0n) is 7.16. The second kappa shape index (κ2) is 3.38. The number of halogens is 1. The Hall–Kier alpha value is -1.42. The zero-order chi connectivity index (χ0) is 10.1. The van der Waals surface area contributed by atoms with Crippen molar-refractivity contribution in [2.24, 2.45) is 0 Å². The number of rotatable bonds is 2. The van der Waals surface area contributed by atoms with Gasteiger partial charge in [0.05, 0.1) is 6.42 Å². The van der Waals surface area contributed by atoms with Gasteiger partial charge in [0.1, 0.15) is 5.82 Å². The molecule has 1 N–H and O–H groups in total. The summed E-state index contributed by atoms with van der Waals surface area (Å²) >= 11 is 1.37. The van der Waals surface area contributed by atoms with Gasteiger partial charge in [-0.15, -0.1) is 11.3 Å². The van der Waals surface area contributed by atoms with E-state index in [1.165, 1.54) is 17.4 Å². The Labute approximate surface area is 83.6 Å². The predicted molar refractivity (Wildman–Crippen MR) is 53.1 cm³/mol. The Balaban J connectivity index is 2.61. The van der Waals surface area contributed by atoms with Crippen LogP contribution in [0, 0.1) is 5.82 Å². The van der Waals surface area contributed by atoms with E-state index in [0.717, 1.165) is 4.70 Å². The molecule has 1 heterocycles. The zero-order valence-corrected chi connectivity index (χ0v) is 7.97. The number of benzene rings is 1. The van der Waals surface area contributed by atoms with Gasteiger partial charge in [-0.1, -0.05) is 6.07 Å². The minimum Gasteiger partial charge on any atom is -0.481 e. The number of hydrogen-bond acceptors (Lipinski definition) is 2. The van der Waals surface area contributed by atoms with Crippen molar-refractivity contribution < 1.29 is 14.3 Å². The van der Waals surface area contributed by atoms with Gasteiger partial charge < -0.3 is 5.11 Å². The van der Waals surface area contributed by atoms with E-state index in [0.29, 0.717) is 10.9 Å². The first-order valence-electron chi connectivity index (χ1n) is 4.05. The van der Waals surface area contributed by atoms with Gasteiger partial charge in [-0.3, -0.25) is 4.79 Å². The van der Waals surface area contributed by atoms with Gasteiger partial charge in [0.25, 0.3) is 0 Å². The van der Waals surface area contributed by atoms with Crippen LogP contribution in [0.3, 0.4) is 0 Å². The third-order valence-corrected chi connectivity index (χ3v) is 2.96. The highest BCUT2D eigenvalue weighted by molar-refractivity contribution is 7.17. The summed E-state index contributed by atoms with van der Waals surface area (Å²) < 4.78 is 14.1. The Morgan fingerprint density at radius 1 is 1.50 bits per heavy atom. The van der Waals surface area contributed by atoms with E-state index in [2.05, 4.69) is 0 Å². The average molecular weight is 210 g/mol. The predicted octanol–water partition coefficient (Wildman–Crippen LogP) is 2.67. The quantitative estimate of drug-likeness (QED) is 0.827. The number of hydrogen-bond donors (Lipinski definition) is 1. The minimum absolute atomic E-state index is 0.124. The second-order valence-electron chi connectivity index (χ2n) is 2.94. The molecule has 0 spiro atoms.